The monoisotopic (exact) mass is 256 g/mol. The summed E-state index contributed by atoms with van der Waals surface area (Å²) < 4.78 is 0. The van der Waals surface area contributed by atoms with Crippen molar-refractivity contribution in [1.82, 2.24) is 9.80 Å². The van der Waals surface area contributed by atoms with Crippen LogP contribution in [0.2, 0.25) is 0 Å². The molecule has 18 heavy (non-hydrogen) atoms. The van der Waals surface area contributed by atoms with Crippen LogP contribution in [-0.2, 0) is 4.79 Å². The second-order valence-corrected chi connectivity index (χ2v) is 4.95. The summed E-state index contributed by atoms with van der Waals surface area (Å²) in [6.45, 7) is 3.18. The highest BCUT2D eigenvalue weighted by molar-refractivity contribution is 5.75. The van der Waals surface area contributed by atoms with Crippen LogP contribution in [0.15, 0.2) is 0 Å². The van der Waals surface area contributed by atoms with Gasteiger partial charge >= 0.3 is 12.0 Å². The van der Waals surface area contributed by atoms with Gasteiger partial charge in [-0.2, -0.15) is 0 Å². The largest absolute Gasteiger partial charge is 0.481 e. The fourth-order valence-electron chi connectivity index (χ4n) is 2.43. The van der Waals surface area contributed by atoms with Crippen LogP contribution in [0.1, 0.15) is 45.4 Å². The SMILES string of the molecule is CCC1CCCCCN1C(=O)N(C)CCC(=O)O. The van der Waals surface area contributed by atoms with Crippen LogP contribution in [0.4, 0.5) is 4.79 Å². The molecular formula is C13H24N2O3. The Kier molecular flexibility index (Phi) is 5.95. The summed E-state index contributed by atoms with van der Waals surface area (Å²) in [6, 6.07) is 0.289. The molecule has 0 aromatic heterocycles. The Morgan fingerprint density at radius 2 is 2.06 bits per heavy atom. The standard InChI is InChI=1S/C13H24N2O3/c1-3-11-7-5-4-6-9-15(11)13(18)14(2)10-8-12(16)17/h11H,3-10H2,1-2H3,(H,16,17). The van der Waals surface area contributed by atoms with Gasteiger partial charge in [0.25, 0.3) is 0 Å². The molecule has 5 nitrogen and oxygen atoms in total. The van der Waals surface area contributed by atoms with Crippen molar-refractivity contribution in [2.75, 3.05) is 20.1 Å². The average molecular weight is 256 g/mol. The Labute approximate surface area is 109 Å². The van der Waals surface area contributed by atoms with Crippen molar-refractivity contribution in [3.05, 3.63) is 0 Å². The van der Waals surface area contributed by atoms with Gasteiger partial charge < -0.3 is 14.9 Å². The lowest BCUT2D eigenvalue weighted by molar-refractivity contribution is -0.137. The molecule has 0 saturated carbocycles. The van der Waals surface area contributed by atoms with Crippen LogP contribution < -0.4 is 0 Å². The third kappa shape index (κ3) is 4.20. The van der Waals surface area contributed by atoms with E-state index in [0.29, 0.717) is 6.04 Å². The first kappa shape index (κ1) is 14.8. The first-order chi connectivity index (χ1) is 8.56. The van der Waals surface area contributed by atoms with Gasteiger partial charge in [-0.25, -0.2) is 4.79 Å². The normalized spacial score (nSPS) is 20.3. The van der Waals surface area contributed by atoms with Gasteiger partial charge in [-0.3, -0.25) is 4.79 Å². The van der Waals surface area contributed by atoms with Gasteiger partial charge in [0.15, 0.2) is 0 Å². The lowest BCUT2D eigenvalue weighted by Crippen LogP contribution is -2.47. The van der Waals surface area contributed by atoms with Crippen LogP contribution >= 0.6 is 0 Å². The van der Waals surface area contributed by atoms with Gasteiger partial charge in [-0.15, -0.1) is 0 Å². The molecule has 1 aliphatic heterocycles. The highest BCUT2D eigenvalue weighted by Crippen LogP contribution is 2.20. The van der Waals surface area contributed by atoms with E-state index in [1.807, 2.05) is 4.90 Å². The summed E-state index contributed by atoms with van der Waals surface area (Å²) in [5.74, 6) is -0.863. The second-order valence-electron chi connectivity index (χ2n) is 4.95. The minimum atomic E-state index is -0.863. The van der Waals surface area contributed by atoms with E-state index >= 15 is 0 Å². The van der Waals surface area contributed by atoms with Crippen molar-refractivity contribution >= 4 is 12.0 Å². The summed E-state index contributed by atoms with van der Waals surface area (Å²) in [5.41, 5.74) is 0. The van der Waals surface area contributed by atoms with E-state index in [1.165, 1.54) is 17.7 Å². The van der Waals surface area contributed by atoms with Gasteiger partial charge in [0, 0.05) is 26.2 Å². The van der Waals surface area contributed by atoms with E-state index in [1.54, 1.807) is 7.05 Å². The number of carboxylic acids is 1. The number of aliphatic carboxylic acids is 1. The first-order valence-electron chi connectivity index (χ1n) is 6.79. The van der Waals surface area contributed by atoms with Gasteiger partial charge in [0.2, 0.25) is 0 Å². The molecule has 5 heteroatoms. The number of hydrogen-bond donors (Lipinski definition) is 1. The molecule has 1 rings (SSSR count). The molecule has 1 unspecified atom stereocenters. The minimum Gasteiger partial charge on any atom is -0.481 e. The molecule has 0 spiro atoms. The zero-order chi connectivity index (χ0) is 13.5. The highest BCUT2D eigenvalue weighted by Gasteiger charge is 2.26. The molecule has 1 saturated heterocycles. The molecule has 0 aliphatic carbocycles. The topological polar surface area (TPSA) is 60.9 Å². The predicted molar refractivity (Wildman–Crippen MR) is 69.5 cm³/mol. The van der Waals surface area contributed by atoms with Crippen molar-refractivity contribution in [3.8, 4) is 0 Å². The fourth-order valence-corrected chi connectivity index (χ4v) is 2.43. The highest BCUT2D eigenvalue weighted by atomic mass is 16.4. The summed E-state index contributed by atoms with van der Waals surface area (Å²) in [4.78, 5) is 26.3. The zero-order valence-corrected chi connectivity index (χ0v) is 11.4. The number of likely N-dealkylation sites (tertiary alicyclic amines) is 1. The van der Waals surface area contributed by atoms with Gasteiger partial charge in [0.1, 0.15) is 0 Å². The molecule has 1 atom stereocenters. The van der Waals surface area contributed by atoms with E-state index in [-0.39, 0.29) is 19.0 Å². The molecule has 0 bridgehead atoms. The van der Waals surface area contributed by atoms with Crippen molar-refractivity contribution < 1.29 is 14.7 Å². The van der Waals surface area contributed by atoms with Crippen molar-refractivity contribution in [2.24, 2.45) is 0 Å². The second kappa shape index (κ2) is 7.24. The number of nitrogens with zero attached hydrogens (tertiary/aromatic N) is 2. The first-order valence-corrected chi connectivity index (χ1v) is 6.79. The molecule has 2 amide bonds. The maximum absolute atomic E-state index is 12.3. The van der Waals surface area contributed by atoms with Crippen molar-refractivity contribution in [1.29, 1.82) is 0 Å². The number of carbonyl (C=O) groups excluding carboxylic acids is 1. The Morgan fingerprint density at radius 3 is 2.67 bits per heavy atom. The van der Waals surface area contributed by atoms with Gasteiger partial charge in [-0.1, -0.05) is 19.8 Å². The third-order valence-corrected chi connectivity index (χ3v) is 3.58. The lowest BCUT2D eigenvalue weighted by Gasteiger charge is -2.33. The predicted octanol–water partition coefficient (Wildman–Crippen LogP) is 2.17. The van der Waals surface area contributed by atoms with Crippen LogP contribution in [0.25, 0.3) is 0 Å². The third-order valence-electron chi connectivity index (χ3n) is 3.58. The van der Waals surface area contributed by atoms with E-state index in [2.05, 4.69) is 6.92 Å². The van der Waals surface area contributed by atoms with E-state index < -0.39 is 5.97 Å². The number of carbonyl (C=O) groups is 2. The number of carboxylic acid groups (broad SMARTS) is 1. The van der Waals surface area contributed by atoms with Crippen molar-refractivity contribution in [2.45, 2.75) is 51.5 Å². The quantitative estimate of drug-likeness (QED) is 0.838. The van der Waals surface area contributed by atoms with E-state index in [0.717, 1.165) is 25.8 Å². The Balaban J connectivity index is 2.58. The average Bonchev–Trinajstić information content (AvgIpc) is 2.59. The van der Waals surface area contributed by atoms with Gasteiger partial charge in [0.05, 0.1) is 6.42 Å². The van der Waals surface area contributed by atoms with Crippen molar-refractivity contribution in [3.63, 3.8) is 0 Å². The zero-order valence-electron chi connectivity index (χ0n) is 11.4. The number of urea groups is 1. The van der Waals surface area contributed by atoms with Crippen LogP contribution in [0.3, 0.4) is 0 Å². The van der Waals surface area contributed by atoms with E-state index in [4.69, 9.17) is 5.11 Å². The Hall–Kier alpha value is -1.26. The van der Waals surface area contributed by atoms with Crippen LogP contribution in [0.5, 0.6) is 0 Å². The molecular weight excluding hydrogens is 232 g/mol. The Morgan fingerprint density at radius 1 is 1.33 bits per heavy atom. The Bertz CT molecular complexity index is 294. The van der Waals surface area contributed by atoms with Crippen LogP contribution in [0, 0.1) is 0 Å². The molecule has 104 valence electrons. The number of rotatable bonds is 4. The maximum atomic E-state index is 12.3. The lowest BCUT2D eigenvalue weighted by atomic mass is 10.1. The van der Waals surface area contributed by atoms with E-state index in [9.17, 15) is 9.59 Å². The minimum absolute atomic E-state index is 0.00682. The van der Waals surface area contributed by atoms with Gasteiger partial charge in [-0.05, 0) is 19.3 Å². The summed E-state index contributed by atoms with van der Waals surface area (Å²) in [6.07, 6.45) is 5.45. The summed E-state index contributed by atoms with van der Waals surface area (Å²) in [7, 11) is 1.68. The fraction of sp³-hybridized carbons (Fsp3) is 0.846. The van der Waals surface area contributed by atoms with Crippen LogP contribution in [-0.4, -0.2) is 53.1 Å². The molecule has 0 aromatic rings. The molecule has 0 radical (unpaired) electrons. The number of amides is 2. The smallest absolute Gasteiger partial charge is 0.320 e. The molecule has 1 N–H and O–H groups in total. The maximum Gasteiger partial charge on any atom is 0.320 e. The molecule has 1 fully saturated rings. The number of hydrogen-bond acceptors (Lipinski definition) is 2. The molecule has 1 aliphatic rings. The molecule has 0 aromatic carbocycles. The molecule has 1 heterocycles. The summed E-state index contributed by atoms with van der Waals surface area (Å²) >= 11 is 0. The summed E-state index contributed by atoms with van der Waals surface area (Å²) in [5, 5.41) is 8.65.